The van der Waals surface area contributed by atoms with Crippen LogP contribution in [0.3, 0.4) is 0 Å². The number of carboxylic acids is 1. The zero-order valence-electron chi connectivity index (χ0n) is 10.6. The highest BCUT2D eigenvalue weighted by Gasteiger charge is 2.18. The first-order valence-corrected chi connectivity index (χ1v) is 7.10. The summed E-state index contributed by atoms with van der Waals surface area (Å²) in [6, 6.07) is 3.10. The number of nitrogens with zero attached hydrogens (tertiary/aromatic N) is 1. The smallest absolute Gasteiger partial charge is 0.323 e. The highest BCUT2D eigenvalue weighted by Crippen LogP contribution is 2.32. The van der Waals surface area contributed by atoms with E-state index in [9.17, 15) is 9.59 Å². The van der Waals surface area contributed by atoms with Crippen molar-refractivity contribution in [1.82, 2.24) is 4.90 Å². The average molecular weight is 404 g/mol. The predicted octanol–water partition coefficient (Wildman–Crippen LogP) is 3.07. The van der Waals surface area contributed by atoms with Gasteiger partial charge in [0, 0.05) is 8.95 Å². The standard InChI is InChI=1S/C13H12Br2N2O3/c1-3-4-17(7-11(18)19)13(20)16-12-9(14)5-8(2)6-10(12)15/h1,5-6H,4,7H2,2H3,(H,16,20)(H,18,19). The van der Waals surface area contributed by atoms with Crippen LogP contribution in [0.1, 0.15) is 5.56 Å². The van der Waals surface area contributed by atoms with E-state index in [2.05, 4.69) is 43.1 Å². The van der Waals surface area contributed by atoms with Crippen LogP contribution in [0.2, 0.25) is 0 Å². The van der Waals surface area contributed by atoms with E-state index in [0.29, 0.717) is 14.6 Å². The molecular weight excluding hydrogens is 392 g/mol. The molecule has 0 atom stereocenters. The van der Waals surface area contributed by atoms with Gasteiger partial charge in [0.2, 0.25) is 0 Å². The lowest BCUT2D eigenvalue weighted by molar-refractivity contribution is -0.137. The molecule has 1 aromatic carbocycles. The van der Waals surface area contributed by atoms with Crippen LogP contribution in [0.15, 0.2) is 21.1 Å². The molecule has 2 amide bonds. The van der Waals surface area contributed by atoms with Gasteiger partial charge in [-0.25, -0.2) is 4.79 Å². The molecule has 0 spiro atoms. The Hall–Kier alpha value is -1.52. The van der Waals surface area contributed by atoms with Gasteiger partial charge in [-0.05, 0) is 56.5 Å². The Morgan fingerprint density at radius 2 is 1.95 bits per heavy atom. The van der Waals surface area contributed by atoms with E-state index in [1.165, 1.54) is 0 Å². The Balaban J connectivity index is 2.94. The van der Waals surface area contributed by atoms with Gasteiger partial charge < -0.3 is 15.3 Å². The Bertz CT molecular complexity index is 558. The van der Waals surface area contributed by atoms with E-state index in [0.717, 1.165) is 10.5 Å². The summed E-state index contributed by atoms with van der Waals surface area (Å²) in [5, 5.41) is 11.4. The van der Waals surface area contributed by atoms with Crippen LogP contribution in [-0.4, -0.2) is 35.1 Å². The fraction of sp³-hybridized carbons (Fsp3) is 0.231. The molecule has 0 heterocycles. The number of carboxylic acid groups (broad SMARTS) is 1. The number of aliphatic carboxylic acids is 1. The number of hydrogen-bond acceptors (Lipinski definition) is 2. The molecule has 0 aromatic heterocycles. The molecule has 106 valence electrons. The number of urea groups is 1. The molecule has 0 aliphatic rings. The summed E-state index contributed by atoms with van der Waals surface area (Å²) in [5.41, 5.74) is 1.53. The van der Waals surface area contributed by atoms with Crippen LogP contribution in [0.4, 0.5) is 10.5 Å². The van der Waals surface area contributed by atoms with Crippen LogP contribution in [0.5, 0.6) is 0 Å². The maximum absolute atomic E-state index is 12.0. The van der Waals surface area contributed by atoms with E-state index >= 15 is 0 Å². The lowest BCUT2D eigenvalue weighted by atomic mass is 10.2. The molecule has 7 heteroatoms. The lowest BCUT2D eigenvalue weighted by Crippen LogP contribution is -2.39. The zero-order valence-corrected chi connectivity index (χ0v) is 13.8. The molecule has 0 bridgehead atoms. The number of aryl methyl sites for hydroxylation is 1. The van der Waals surface area contributed by atoms with Crippen molar-refractivity contribution in [2.24, 2.45) is 0 Å². The summed E-state index contributed by atoms with van der Waals surface area (Å²) in [5.74, 6) is 1.13. The van der Waals surface area contributed by atoms with Crippen LogP contribution in [-0.2, 0) is 4.79 Å². The molecular formula is C13H12Br2N2O3. The third kappa shape index (κ3) is 4.54. The van der Waals surface area contributed by atoms with Gasteiger partial charge in [0.1, 0.15) is 6.54 Å². The van der Waals surface area contributed by atoms with Crippen LogP contribution >= 0.6 is 31.9 Å². The Morgan fingerprint density at radius 3 is 2.40 bits per heavy atom. The summed E-state index contributed by atoms with van der Waals surface area (Å²) < 4.78 is 1.38. The van der Waals surface area contributed by atoms with E-state index in [1.807, 2.05) is 19.1 Å². The van der Waals surface area contributed by atoms with Crippen LogP contribution in [0, 0.1) is 19.3 Å². The van der Waals surface area contributed by atoms with Crippen LogP contribution < -0.4 is 5.32 Å². The molecule has 20 heavy (non-hydrogen) atoms. The van der Waals surface area contributed by atoms with Crippen molar-refractivity contribution in [2.45, 2.75) is 6.92 Å². The van der Waals surface area contributed by atoms with E-state index in [4.69, 9.17) is 11.5 Å². The molecule has 0 fully saturated rings. The average Bonchev–Trinajstić information content (AvgIpc) is 2.32. The fourth-order valence-electron chi connectivity index (χ4n) is 1.48. The van der Waals surface area contributed by atoms with Crippen molar-refractivity contribution in [1.29, 1.82) is 0 Å². The minimum atomic E-state index is -1.13. The number of rotatable bonds is 4. The van der Waals surface area contributed by atoms with E-state index in [-0.39, 0.29) is 6.54 Å². The summed E-state index contributed by atoms with van der Waals surface area (Å²) in [7, 11) is 0. The second kappa shape index (κ2) is 7.31. The Kier molecular flexibility index (Phi) is 6.05. The molecule has 2 N–H and O–H groups in total. The zero-order chi connectivity index (χ0) is 15.3. The molecule has 0 saturated carbocycles. The van der Waals surface area contributed by atoms with Crippen molar-refractivity contribution in [3.8, 4) is 12.3 Å². The number of carbonyl (C=O) groups is 2. The topological polar surface area (TPSA) is 69.6 Å². The normalized spacial score (nSPS) is 9.70. The predicted molar refractivity (Wildman–Crippen MR) is 83.6 cm³/mol. The first-order valence-electron chi connectivity index (χ1n) is 5.52. The SMILES string of the molecule is C#CCN(CC(=O)O)C(=O)Nc1c(Br)cc(C)cc1Br. The summed E-state index contributed by atoms with van der Waals surface area (Å²) in [6.45, 7) is 1.37. The second-order valence-electron chi connectivity index (χ2n) is 3.99. The Labute approximate surface area is 133 Å². The van der Waals surface area contributed by atoms with Crippen LogP contribution in [0.25, 0.3) is 0 Å². The van der Waals surface area contributed by atoms with Crippen molar-refractivity contribution >= 4 is 49.5 Å². The number of anilines is 1. The second-order valence-corrected chi connectivity index (χ2v) is 5.70. The number of amides is 2. The van der Waals surface area contributed by atoms with Crippen molar-refractivity contribution in [2.75, 3.05) is 18.4 Å². The van der Waals surface area contributed by atoms with Gasteiger partial charge in [-0.15, -0.1) is 6.42 Å². The Morgan fingerprint density at radius 1 is 1.40 bits per heavy atom. The first kappa shape index (κ1) is 16.5. The van der Waals surface area contributed by atoms with Crippen molar-refractivity contribution < 1.29 is 14.7 Å². The van der Waals surface area contributed by atoms with Crippen molar-refractivity contribution in [3.63, 3.8) is 0 Å². The molecule has 0 aliphatic carbocycles. The van der Waals surface area contributed by atoms with Gasteiger partial charge >= 0.3 is 12.0 Å². The molecule has 5 nitrogen and oxygen atoms in total. The summed E-state index contributed by atoms with van der Waals surface area (Å²) in [4.78, 5) is 23.8. The number of carbonyl (C=O) groups excluding carboxylic acids is 1. The maximum atomic E-state index is 12.0. The van der Waals surface area contributed by atoms with E-state index in [1.54, 1.807) is 0 Å². The summed E-state index contributed by atoms with van der Waals surface area (Å²) in [6.07, 6.45) is 5.13. The van der Waals surface area contributed by atoms with Gasteiger partial charge in [-0.3, -0.25) is 4.79 Å². The summed E-state index contributed by atoms with van der Waals surface area (Å²) >= 11 is 6.69. The fourth-order valence-corrected chi connectivity index (χ4v) is 3.09. The quantitative estimate of drug-likeness (QED) is 0.759. The number of benzene rings is 1. The number of halogens is 2. The molecule has 0 radical (unpaired) electrons. The van der Waals surface area contributed by atoms with Gasteiger partial charge in [0.15, 0.2) is 0 Å². The molecule has 0 aliphatic heterocycles. The molecule has 0 unspecified atom stereocenters. The highest BCUT2D eigenvalue weighted by atomic mass is 79.9. The van der Waals surface area contributed by atoms with E-state index < -0.39 is 18.5 Å². The van der Waals surface area contributed by atoms with Gasteiger partial charge in [-0.2, -0.15) is 0 Å². The highest BCUT2D eigenvalue weighted by molar-refractivity contribution is 9.11. The number of nitrogens with one attached hydrogen (secondary N) is 1. The third-order valence-electron chi connectivity index (χ3n) is 2.31. The van der Waals surface area contributed by atoms with Gasteiger partial charge in [0.05, 0.1) is 12.2 Å². The third-order valence-corrected chi connectivity index (χ3v) is 3.56. The van der Waals surface area contributed by atoms with Gasteiger partial charge in [-0.1, -0.05) is 5.92 Å². The van der Waals surface area contributed by atoms with Gasteiger partial charge in [0.25, 0.3) is 0 Å². The maximum Gasteiger partial charge on any atom is 0.323 e. The number of terminal acetylenes is 1. The number of hydrogen-bond donors (Lipinski definition) is 2. The minimum absolute atomic E-state index is 0.0841. The minimum Gasteiger partial charge on any atom is -0.480 e. The van der Waals surface area contributed by atoms with Crippen molar-refractivity contribution in [3.05, 3.63) is 26.6 Å². The molecule has 1 aromatic rings. The largest absolute Gasteiger partial charge is 0.480 e. The first-order chi connectivity index (χ1) is 9.35. The molecule has 0 saturated heterocycles. The lowest BCUT2D eigenvalue weighted by Gasteiger charge is -2.20. The molecule has 1 rings (SSSR count). The monoisotopic (exact) mass is 402 g/mol.